The lowest BCUT2D eigenvalue weighted by molar-refractivity contribution is 0.0264. The molecule has 15 heteroatoms. The van der Waals surface area contributed by atoms with Gasteiger partial charge in [-0.05, 0) is 85.0 Å². The Morgan fingerprint density at radius 1 is 0.672 bits per heavy atom. The number of benzene rings is 5. The number of thiol groups is 1. The molecule has 0 aliphatic carbocycles. The zero-order valence-electron chi connectivity index (χ0n) is 38.8. The Kier molecular flexibility index (Phi) is 13.7. The number of anilines is 5. The van der Waals surface area contributed by atoms with Crippen LogP contribution in [0.3, 0.4) is 0 Å². The van der Waals surface area contributed by atoms with Crippen LogP contribution in [0.4, 0.5) is 28.4 Å². The van der Waals surface area contributed by atoms with Gasteiger partial charge in [0.1, 0.15) is 19.4 Å². The van der Waals surface area contributed by atoms with Gasteiger partial charge in [-0.3, -0.25) is 14.5 Å². The van der Waals surface area contributed by atoms with E-state index in [4.69, 9.17) is 45.8 Å². The maximum atomic E-state index is 14.1. The molecule has 0 saturated carbocycles. The number of methoxy groups -OCH3 is 3. The molecule has 4 heterocycles. The van der Waals surface area contributed by atoms with E-state index in [1.165, 1.54) is 5.56 Å². The maximum Gasteiger partial charge on any atom is 0.262 e. The minimum atomic E-state index is -0.347. The molecule has 14 nitrogen and oxygen atoms in total. The standard InChI is InChI=1S/C52H59N5O9S/c1-52(2,67)32-55(14-15-63-18-19-64-17-16-60-3)37-21-33(30-65-47-27-41-39(25-45(47)61-4)50(58)56-38(29-53-41)23-35-10-6-8-12-43(35)56)20-34(22-37)31-66-48-28-42-40(26-46(48)62-5)51(59)57-44-13-9-7-11-36(44)24-49(57)54-42/h6-13,20-22,25-28,38,49,53-54,67H,14-19,23-24,29-32H2,1-5H3. The molecule has 2 atom stereocenters. The average Bonchev–Trinajstić information content (AvgIpc) is 3.86. The summed E-state index contributed by atoms with van der Waals surface area (Å²) >= 11 is 4.94. The SMILES string of the molecule is COCCOCCOCCN(CC(C)(C)S)c1cc(COc2cc3c(cc2OC)C(=O)N2c4ccccc4CC2CN3)cc(COc2cc3c(cc2OC)C(=O)N2c4ccccc4CC2N3)c1. The Hall–Kier alpha value is -6.13. The largest absolute Gasteiger partial charge is 0.493 e. The van der Waals surface area contributed by atoms with Gasteiger partial charge >= 0.3 is 0 Å². The second kappa shape index (κ2) is 20.0. The molecule has 0 fully saturated rings. The molecular formula is C52H59N5O9S. The molecule has 0 aromatic heterocycles. The average molecular weight is 930 g/mol. The monoisotopic (exact) mass is 929 g/mol. The Morgan fingerprint density at radius 3 is 1.88 bits per heavy atom. The number of hydrogen-bond donors (Lipinski definition) is 3. The highest BCUT2D eigenvalue weighted by Gasteiger charge is 2.40. The molecule has 4 aliphatic rings. The molecule has 2 unspecified atom stereocenters. The van der Waals surface area contributed by atoms with Crippen LogP contribution in [0.15, 0.2) is 91.0 Å². The molecule has 4 aliphatic heterocycles. The summed E-state index contributed by atoms with van der Waals surface area (Å²) in [5, 5.41) is 7.12. The number of ether oxygens (including phenoxy) is 7. The van der Waals surface area contributed by atoms with E-state index in [0.29, 0.717) is 105 Å². The lowest BCUT2D eigenvalue weighted by atomic mass is 10.1. The van der Waals surface area contributed by atoms with Crippen LogP contribution in [0, 0.1) is 0 Å². The molecule has 0 bridgehead atoms. The summed E-state index contributed by atoms with van der Waals surface area (Å²) in [5.74, 6) is 1.76. The highest BCUT2D eigenvalue weighted by Crippen LogP contribution is 2.44. The first-order valence-electron chi connectivity index (χ1n) is 22.8. The summed E-state index contributed by atoms with van der Waals surface area (Å²) < 4.78 is 41.3. The van der Waals surface area contributed by atoms with Gasteiger partial charge < -0.3 is 53.6 Å². The molecule has 0 spiro atoms. The van der Waals surface area contributed by atoms with Gasteiger partial charge in [0.05, 0.1) is 75.8 Å². The molecule has 5 aromatic rings. The highest BCUT2D eigenvalue weighted by atomic mass is 32.1. The van der Waals surface area contributed by atoms with Crippen molar-refractivity contribution in [1.82, 2.24) is 0 Å². The van der Waals surface area contributed by atoms with E-state index < -0.39 is 0 Å². The maximum absolute atomic E-state index is 14.1. The summed E-state index contributed by atoms with van der Waals surface area (Å²) in [6.07, 6.45) is 1.29. The van der Waals surface area contributed by atoms with Crippen molar-refractivity contribution in [3.63, 3.8) is 0 Å². The van der Waals surface area contributed by atoms with Crippen LogP contribution in [0.25, 0.3) is 0 Å². The molecule has 352 valence electrons. The third kappa shape index (κ3) is 9.96. The van der Waals surface area contributed by atoms with Crippen LogP contribution in [-0.2, 0) is 40.3 Å². The van der Waals surface area contributed by atoms with E-state index >= 15 is 0 Å². The Bertz CT molecular complexity index is 2620. The first-order valence-corrected chi connectivity index (χ1v) is 23.2. The minimum absolute atomic E-state index is 0.00333. The Morgan fingerprint density at radius 2 is 1.24 bits per heavy atom. The van der Waals surface area contributed by atoms with E-state index in [-0.39, 0.29) is 42.0 Å². The number of rotatable bonds is 20. The highest BCUT2D eigenvalue weighted by molar-refractivity contribution is 7.81. The van der Waals surface area contributed by atoms with Crippen LogP contribution in [-0.4, -0.2) is 103 Å². The zero-order chi connectivity index (χ0) is 46.7. The van der Waals surface area contributed by atoms with Crippen LogP contribution in [0.5, 0.6) is 23.0 Å². The third-order valence-electron chi connectivity index (χ3n) is 12.5. The fraction of sp³-hybridized carbons (Fsp3) is 0.385. The van der Waals surface area contributed by atoms with Crippen molar-refractivity contribution in [2.75, 3.05) is 99.3 Å². The number of nitrogens with one attached hydrogen (secondary N) is 2. The van der Waals surface area contributed by atoms with Crippen molar-refractivity contribution in [3.8, 4) is 23.0 Å². The van der Waals surface area contributed by atoms with Gasteiger partial charge in [-0.15, -0.1) is 0 Å². The van der Waals surface area contributed by atoms with Crippen molar-refractivity contribution in [3.05, 3.63) is 124 Å². The van der Waals surface area contributed by atoms with Crippen LogP contribution in [0.2, 0.25) is 0 Å². The summed E-state index contributed by atoms with van der Waals surface area (Å²) in [6, 6.07) is 29.6. The van der Waals surface area contributed by atoms with Crippen LogP contribution in [0.1, 0.15) is 56.8 Å². The van der Waals surface area contributed by atoms with Crippen molar-refractivity contribution in [2.24, 2.45) is 0 Å². The number of para-hydroxylation sites is 2. The number of nitrogens with zero attached hydrogens (tertiary/aromatic N) is 3. The van der Waals surface area contributed by atoms with Gasteiger partial charge in [0.2, 0.25) is 0 Å². The molecule has 9 rings (SSSR count). The molecule has 5 aromatic carbocycles. The quantitative estimate of drug-likeness (QED) is 0.0516. The topological polar surface area (TPSA) is 133 Å². The number of hydrogen-bond acceptors (Lipinski definition) is 13. The lowest BCUT2D eigenvalue weighted by Gasteiger charge is -2.33. The molecule has 67 heavy (non-hydrogen) atoms. The summed E-state index contributed by atoms with van der Waals surface area (Å²) in [7, 11) is 4.81. The van der Waals surface area contributed by atoms with Gasteiger partial charge in [-0.25, -0.2) is 0 Å². The number of carbonyl (C=O) groups is 2. The molecular weight excluding hydrogens is 871 g/mol. The number of amides is 2. The first kappa shape index (κ1) is 46.0. The fourth-order valence-corrected chi connectivity index (χ4v) is 9.59. The van der Waals surface area contributed by atoms with Crippen molar-refractivity contribution in [1.29, 1.82) is 0 Å². The summed E-state index contributed by atoms with van der Waals surface area (Å²) in [5.41, 5.74) is 9.30. The number of fused-ring (bicyclic) bond motifs is 8. The van der Waals surface area contributed by atoms with Crippen LogP contribution >= 0.6 is 12.6 Å². The predicted octanol–water partition coefficient (Wildman–Crippen LogP) is 8.01. The van der Waals surface area contributed by atoms with Crippen molar-refractivity contribution < 1.29 is 42.7 Å². The van der Waals surface area contributed by atoms with Gasteiger partial charge in [-0.2, -0.15) is 12.6 Å². The van der Waals surface area contributed by atoms with E-state index in [1.54, 1.807) is 33.5 Å². The molecule has 2 N–H and O–H groups in total. The van der Waals surface area contributed by atoms with E-state index in [9.17, 15) is 9.59 Å². The third-order valence-corrected chi connectivity index (χ3v) is 12.6. The summed E-state index contributed by atoms with van der Waals surface area (Å²) in [4.78, 5) is 34.1. The lowest BCUT2D eigenvalue weighted by Crippen LogP contribution is -2.46. The van der Waals surface area contributed by atoms with E-state index in [2.05, 4.69) is 59.7 Å². The molecule has 0 radical (unpaired) electrons. The van der Waals surface area contributed by atoms with Gasteiger partial charge in [-0.1, -0.05) is 36.4 Å². The zero-order valence-corrected chi connectivity index (χ0v) is 39.7. The van der Waals surface area contributed by atoms with Gasteiger partial charge in [0.15, 0.2) is 23.0 Å². The van der Waals surface area contributed by atoms with Gasteiger partial charge in [0, 0.05) is 67.1 Å². The second-order valence-corrected chi connectivity index (χ2v) is 19.1. The first-order chi connectivity index (χ1) is 32.5. The predicted molar refractivity (Wildman–Crippen MR) is 263 cm³/mol. The summed E-state index contributed by atoms with van der Waals surface area (Å²) in [6.45, 7) is 8.80. The molecule has 0 saturated heterocycles. The van der Waals surface area contributed by atoms with Gasteiger partial charge in [0.25, 0.3) is 11.8 Å². The minimum Gasteiger partial charge on any atom is -0.493 e. The van der Waals surface area contributed by atoms with Crippen molar-refractivity contribution >= 4 is 52.9 Å². The van der Waals surface area contributed by atoms with Crippen LogP contribution < -0.4 is 44.3 Å². The Labute approximate surface area is 397 Å². The second-order valence-electron chi connectivity index (χ2n) is 17.8. The van der Waals surface area contributed by atoms with Crippen molar-refractivity contribution in [2.45, 2.75) is 56.9 Å². The van der Waals surface area contributed by atoms with E-state index in [0.717, 1.165) is 40.2 Å². The Balaban J connectivity index is 0.980. The molecule has 2 amide bonds. The smallest absolute Gasteiger partial charge is 0.262 e. The fourth-order valence-electron chi connectivity index (χ4n) is 9.42. The normalized spacial score (nSPS) is 16.7. The number of carbonyl (C=O) groups excluding carboxylic acids is 2. The van der Waals surface area contributed by atoms with E-state index in [1.807, 2.05) is 58.3 Å².